The number of anilines is 1. The third kappa shape index (κ3) is 4.03. The zero-order valence-electron chi connectivity index (χ0n) is 12.8. The minimum atomic E-state index is -0.00441. The summed E-state index contributed by atoms with van der Waals surface area (Å²) in [5.41, 5.74) is 2.74. The third-order valence-corrected chi connectivity index (χ3v) is 3.43. The molecule has 0 radical (unpaired) electrons. The number of amides is 1. The smallest absolute Gasteiger partial charge is 0.257 e. The monoisotopic (exact) mass is 307 g/mol. The fourth-order valence-electron chi connectivity index (χ4n) is 2.24. The highest BCUT2D eigenvalue weighted by Gasteiger charge is 2.07. The Balaban J connectivity index is 1.56. The summed E-state index contributed by atoms with van der Waals surface area (Å²) >= 11 is 0. The minimum absolute atomic E-state index is 0.00441. The first kappa shape index (κ1) is 15.0. The molecule has 0 atom stereocenters. The molecule has 1 heterocycles. The lowest BCUT2D eigenvalue weighted by Gasteiger charge is -2.06. The van der Waals surface area contributed by atoms with Crippen molar-refractivity contribution in [3.05, 3.63) is 66.0 Å². The van der Waals surface area contributed by atoms with Gasteiger partial charge in [-0.3, -0.25) is 4.79 Å². The van der Waals surface area contributed by atoms with Crippen molar-refractivity contribution >= 4 is 11.6 Å². The van der Waals surface area contributed by atoms with Crippen molar-refractivity contribution in [1.29, 1.82) is 0 Å². The average molecular weight is 307 g/mol. The van der Waals surface area contributed by atoms with Crippen LogP contribution >= 0.6 is 0 Å². The first-order valence-corrected chi connectivity index (χ1v) is 7.45. The summed E-state index contributed by atoms with van der Waals surface area (Å²) in [5.74, 6) is 1.07. The fourth-order valence-corrected chi connectivity index (χ4v) is 2.24. The summed E-state index contributed by atoms with van der Waals surface area (Å²) in [7, 11) is 0. The number of aromatic nitrogens is 2. The second-order valence-electron chi connectivity index (χ2n) is 5.26. The standard InChI is InChI=1S/C18H17N3O2/c1-13-19-18(23-21-13)15-8-10-16(11-9-15)20-17(22)12-7-14-5-3-2-4-6-14/h2-6,8-11H,7,12H2,1H3,(H,20,22). The Bertz CT molecular complexity index is 780. The minimum Gasteiger partial charge on any atom is -0.334 e. The Labute approximate surface area is 134 Å². The van der Waals surface area contributed by atoms with Gasteiger partial charge in [0, 0.05) is 17.7 Å². The van der Waals surface area contributed by atoms with Crippen molar-refractivity contribution in [2.45, 2.75) is 19.8 Å². The van der Waals surface area contributed by atoms with Crippen molar-refractivity contribution in [2.75, 3.05) is 5.32 Å². The number of nitrogens with zero attached hydrogens (tertiary/aromatic N) is 2. The lowest BCUT2D eigenvalue weighted by Crippen LogP contribution is -2.12. The molecule has 2 aromatic carbocycles. The predicted octanol–water partition coefficient (Wildman–Crippen LogP) is 3.62. The SMILES string of the molecule is Cc1noc(-c2ccc(NC(=O)CCc3ccccc3)cc2)n1. The van der Waals surface area contributed by atoms with E-state index in [0.29, 0.717) is 18.1 Å². The molecule has 3 rings (SSSR count). The van der Waals surface area contributed by atoms with Gasteiger partial charge in [0.2, 0.25) is 5.91 Å². The second kappa shape index (κ2) is 6.87. The Kier molecular flexibility index (Phi) is 4.47. The highest BCUT2D eigenvalue weighted by molar-refractivity contribution is 5.91. The van der Waals surface area contributed by atoms with Crippen LogP contribution in [0.3, 0.4) is 0 Å². The molecule has 0 fully saturated rings. The molecule has 1 N–H and O–H groups in total. The van der Waals surface area contributed by atoms with E-state index in [9.17, 15) is 4.79 Å². The van der Waals surface area contributed by atoms with E-state index in [-0.39, 0.29) is 5.91 Å². The maximum Gasteiger partial charge on any atom is 0.257 e. The number of carbonyl (C=O) groups excluding carboxylic acids is 1. The molecule has 3 aromatic rings. The van der Waals surface area contributed by atoms with Gasteiger partial charge >= 0.3 is 0 Å². The molecule has 0 aliphatic carbocycles. The molecule has 0 bridgehead atoms. The fraction of sp³-hybridized carbons (Fsp3) is 0.167. The van der Waals surface area contributed by atoms with Crippen molar-refractivity contribution in [1.82, 2.24) is 10.1 Å². The lowest BCUT2D eigenvalue weighted by atomic mass is 10.1. The number of rotatable bonds is 5. The number of carbonyl (C=O) groups is 1. The van der Waals surface area contributed by atoms with Gasteiger partial charge in [-0.1, -0.05) is 35.5 Å². The molecule has 0 unspecified atom stereocenters. The van der Waals surface area contributed by atoms with Crippen LogP contribution in [-0.2, 0) is 11.2 Å². The molecule has 23 heavy (non-hydrogen) atoms. The quantitative estimate of drug-likeness (QED) is 0.781. The Morgan fingerprint density at radius 1 is 1.09 bits per heavy atom. The van der Waals surface area contributed by atoms with Crippen LogP contribution in [0.15, 0.2) is 59.1 Å². The van der Waals surface area contributed by atoms with Crippen LogP contribution in [0.2, 0.25) is 0 Å². The summed E-state index contributed by atoms with van der Waals surface area (Å²) < 4.78 is 5.11. The summed E-state index contributed by atoms with van der Waals surface area (Å²) in [5, 5.41) is 6.65. The number of benzene rings is 2. The van der Waals surface area contributed by atoms with E-state index >= 15 is 0 Å². The van der Waals surface area contributed by atoms with E-state index in [4.69, 9.17) is 4.52 Å². The van der Waals surface area contributed by atoms with Crippen LogP contribution in [0.4, 0.5) is 5.69 Å². The number of nitrogens with one attached hydrogen (secondary N) is 1. The van der Waals surface area contributed by atoms with Crippen molar-refractivity contribution < 1.29 is 9.32 Å². The van der Waals surface area contributed by atoms with Gasteiger partial charge in [0.15, 0.2) is 5.82 Å². The van der Waals surface area contributed by atoms with Crippen LogP contribution in [-0.4, -0.2) is 16.0 Å². The third-order valence-electron chi connectivity index (χ3n) is 3.43. The number of hydrogen-bond acceptors (Lipinski definition) is 4. The number of aryl methyl sites for hydroxylation is 2. The van der Waals surface area contributed by atoms with E-state index in [1.165, 1.54) is 0 Å². The molecule has 0 saturated heterocycles. The normalized spacial score (nSPS) is 10.5. The van der Waals surface area contributed by atoms with Gasteiger partial charge < -0.3 is 9.84 Å². The van der Waals surface area contributed by atoms with Gasteiger partial charge in [0.05, 0.1) is 0 Å². The van der Waals surface area contributed by atoms with Crippen LogP contribution < -0.4 is 5.32 Å². The summed E-state index contributed by atoms with van der Waals surface area (Å²) in [4.78, 5) is 16.2. The molecule has 0 saturated carbocycles. The Morgan fingerprint density at radius 2 is 1.83 bits per heavy atom. The van der Waals surface area contributed by atoms with Crippen LogP contribution in [0.5, 0.6) is 0 Å². The molecule has 0 aliphatic heterocycles. The second-order valence-corrected chi connectivity index (χ2v) is 5.26. The van der Waals surface area contributed by atoms with Crippen molar-refractivity contribution in [3.8, 4) is 11.5 Å². The summed E-state index contributed by atoms with van der Waals surface area (Å²) in [6.45, 7) is 1.77. The van der Waals surface area contributed by atoms with E-state index in [2.05, 4.69) is 15.5 Å². The Morgan fingerprint density at radius 3 is 2.48 bits per heavy atom. The largest absolute Gasteiger partial charge is 0.334 e. The molecule has 5 heteroatoms. The molecule has 1 aromatic heterocycles. The van der Waals surface area contributed by atoms with Gasteiger partial charge in [-0.05, 0) is 43.2 Å². The lowest BCUT2D eigenvalue weighted by molar-refractivity contribution is -0.116. The average Bonchev–Trinajstić information content (AvgIpc) is 3.01. The molecule has 0 spiro atoms. The van der Waals surface area contributed by atoms with Gasteiger partial charge in [-0.15, -0.1) is 0 Å². The Hall–Kier alpha value is -2.95. The van der Waals surface area contributed by atoms with Gasteiger partial charge in [0.25, 0.3) is 5.89 Å². The van der Waals surface area contributed by atoms with E-state index in [0.717, 1.165) is 23.2 Å². The first-order valence-electron chi connectivity index (χ1n) is 7.45. The van der Waals surface area contributed by atoms with Gasteiger partial charge in [-0.2, -0.15) is 4.98 Å². The van der Waals surface area contributed by atoms with E-state index < -0.39 is 0 Å². The molecule has 1 amide bonds. The van der Waals surface area contributed by atoms with Gasteiger partial charge in [-0.25, -0.2) is 0 Å². The molecular weight excluding hydrogens is 290 g/mol. The molecule has 0 aliphatic rings. The molecule has 116 valence electrons. The highest BCUT2D eigenvalue weighted by atomic mass is 16.5. The van der Waals surface area contributed by atoms with Crippen molar-refractivity contribution in [3.63, 3.8) is 0 Å². The maximum absolute atomic E-state index is 12.0. The zero-order valence-corrected chi connectivity index (χ0v) is 12.8. The number of hydrogen-bond donors (Lipinski definition) is 1. The zero-order chi connectivity index (χ0) is 16.1. The topological polar surface area (TPSA) is 68.0 Å². The first-order chi connectivity index (χ1) is 11.2. The van der Waals surface area contributed by atoms with Crippen molar-refractivity contribution in [2.24, 2.45) is 0 Å². The predicted molar refractivity (Wildman–Crippen MR) is 87.9 cm³/mol. The van der Waals surface area contributed by atoms with E-state index in [1.807, 2.05) is 54.6 Å². The van der Waals surface area contributed by atoms with Crippen LogP contribution in [0.25, 0.3) is 11.5 Å². The van der Waals surface area contributed by atoms with Gasteiger partial charge in [0.1, 0.15) is 0 Å². The van der Waals surface area contributed by atoms with E-state index in [1.54, 1.807) is 6.92 Å². The molecule has 5 nitrogen and oxygen atoms in total. The molecular formula is C18H17N3O2. The van der Waals surface area contributed by atoms with Crippen LogP contribution in [0.1, 0.15) is 17.8 Å². The summed E-state index contributed by atoms with van der Waals surface area (Å²) in [6.07, 6.45) is 1.18. The summed E-state index contributed by atoms with van der Waals surface area (Å²) in [6, 6.07) is 17.3. The maximum atomic E-state index is 12.0. The highest BCUT2D eigenvalue weighted by Crippen LogP contribution is 2.19. The van der Waals surface area contributed by atoms with Crippen LogP contribution in [0, 0.1) is 6.92 Å².